The zero-order chi connectivity index (χ0) is 11.5. The fraction of sp³-hybridized carbons (Fsp3) is 0.333. The van der Waals surface area contributed by atoms with Gasteiger partial charge in [0.15, 0.2) is 0 Å². The number of nitrogens with zero attached hydrogens (tertiary/aromatic N) is 3. The van der Waals surface area contributed by atoms with Crippen LogP contribution >= 0.6 is 0 Å². The molecule has 0 saturated heterocycles. The lowest BCUT2D eigenvalue weighted by Crippen LogP contribution is -2.06. The summed E-state index contributed by atoms with van der Waals surface area (Å²) < 4.78 is 2.09. The lowest BCUT2D eigenvalue weighted by molar-refractivity contribution is 0.607. The van der Waals surface area contributed by atoms with Gasteiger partial charge in [-0.25, -0.2) is 4.98 Å². The van der Waals surface area contributed by atoms with E-state index in [9.17, 15) is 0 Å². The summed E-state index contributed by atoms with van der Waals surface area (Å²) in [6.45, 7) is 6.23. The normalized spacial score (nSPS) is 10.8. The molecule has 1 N–H and O–H groups in total. The van der Waals surface area contributed by atoms with Gasteiger partial charge in [0, 0.05) is 24.6 Å². The maximum atomic E-state index is 4.30. The van der Waals surface area contributed by atoms with Crippen molar-refractivity contribution in [1.82, 2.24) is 14.5 Å². The maximum absolute atomic E-state index is 4.30. The van der Waals surface area contributed by atoms with Crippen molar-refractivity contribution in [2.45, 2.75) is 26.8 Å². The smallest absolute Gasteiger partial charge is 0.207 e. The highest BCUT2D eigenvalue weighted by Crippen LogP contribution is 2.19. The molecule has 84 valence electrons. The van der Waals surface area contributed by atoms with Crippen molar-refractivity contribution in [3.8, 4) is 0 Å². The number of aromatic nitrogens is 3. The van der Waals surface area contributed by atoms with Crippen molar-refractivity contribution in [3.05, 3.63) is 36.4 Å². The van der Waals surface area contributed by atoms with Crippen LogP contribution in [0.2, 0.25) is 0 Å². The van der Waals surface area contributed by atoms with Gasteiger partial charge >= 0.3 is 0 Å². The Balaban J connectivity index is 2.27. The van der Waals surface area contributed by atoms with Gasteiger partial charge in [-0.2, -0.15) is 0 Å². The molecule has 0 aromatic carbocycles. The summed E-state index contributed by atoms with van der Waals surface area (Å²) in [7, 11) is 0. The third kappa shape index (κ3) is 2.05. The second-order valence-electron chi connectivity index (χ2n) is 4.01. The van der Waals surface area contributed by atoms with Gasteiger partial charge in [-0.05, 0) is 32.9 Å². The number of aryl methyl sites for hydroxylation is 1. The van der Waals surface area contributed by atoms with Gasteiger partial charge < -0.3 is 9.88 Å². The van der Waals surface area contributed by atoms with Crippen LogP contribution in [0.25, 0.3) is 0 Å². The van der Waals surface area contributed by atoms with E-state index in [4.69, 9.17) is 0 Å². The highest BCUT2D eigenvalue weighted by molar-refractivity contribution is 5.55. The quantitative estimate of drug-likeness (QED) is 0.857. The zero-order valence-electron chi connectivity index (χ0n) is 9.81. The summed E-state index contributed by atoms with van der Waals surface area (Å²) in [5, 5.41) is 3.29. The van der Waals surface area contributed by atoms with Crippen molar-refractivity contribution >= 4 is 11.6 Å². The van der Waals surface area contributed by atoms with Crippen molar-refractivity contribution < 1.29 is 0 Å². The van der Waals surface area contributed by atoms with E-state index in [0.717, 1.165) is 17.3 Å². The van der Waals surface area contributed by atoms with Gasteiger partial charge in [0.1, 0.15) is 0 Å². The Morgan fingerprint density at radius 2 is 2.06 bits per heavy atom. The minimum Gasteiger partial charge on any atom is -0.324 e. The fourth-order valence-corrected chi connectivity index (χ4v) is 1.56. The zero-order valence-corrected chi connectivity index (χ0v) is 9.81. The van der Waals surface area contributed by atoms with Crippen molar-refractivity contribution in [3.63, 3.8) is 0 Å². The van der Waals surface area contributed by atoms with E-state index >= 15 is 0 Å². The molecule has 16 heavy (non-hydrogen) atoms. The van der Waals surface area contributed by atoms with Gasteiger partial charge in [0.2, 0.25) is 5.95 Å². The van der Waals surface area contributed by atoms with Gasteiger partial charge in [-0.1, -0.05) is 0 Å². The average molecular weight is 216 g/mol. The third-order valence-corrected chi connectivity index (χ3v) is 2.48. The van der Waals surface area contributed by atoms with Crippen LogP contribution in [0.1, 0.15) is 25.6 Å². The molecule has 0 radical (unpaired) electrons. The number of pyridine rings is 1. The molecule has 0 fully saturated rings. The lowest BCUT2D eigenvalue weighted by atomic mass is 10.3. The van der Waals surface area contributed by atoms with Crippen LogP contribution in [0.3, 0.4) is 0 Å². The van der Waals surface area contributed by atoms with Gasteiger partial charge in [0.05, 0.1) is 11.4 Å². The molecule has 0 aliphatic carbocycles. The van der Waals surface area contributed by atoms with Gasteiger partial charge in [-0.15, -0.1) is 0 Å². The Morgan fingerprint density at radius 3 is 2.75 bits per heavy atom. The van der Waals surface area contributed by atoms with Gasteiger partial charge in [0.25, 0.3) is 0 Å². The van der Waals surface area contributed by atoms with Crippen LogP contribution in [0.4, 0.5) is 11.6 Å². The molecular weight excluding hydrogens is 200 g/mol. The Labute approximate surface area is 95.4 Å². The van der Waals surface area contributed by atoms with Gasteiger partial charge in [-0.3, -0.25) is 4.98 Å². The van der Waals surface area contributed by atoms with E-state index in [-0.39, 0.29) is 0 Å². The van der Waals surface area contributed by atoms with Crippen molar-refractivity contribution in [2.75, 3.05) is 5.32 Å². The Bertz CT molecular complexity index is 473. The largest absolute Gasteiger partial charge is 0.324 e. The summed E-state index contributed by atoms with van der Waals surface area (Å²) in [5.41, 5.74) is 1.97. The first-order valence-corrected chi connectivity index (χ1v) is 5.40. The third-order valence-electron chi connectivity index (χ3n) is 2.48. The van der Waals surface area contributed by atoms with Crippen LogP contribution in [0.15, 0.2) is 30.7 Å². The Hall–Kier alpha value is -1.84. The highest BCUT2D eigenvalue weighted by Gasteiger charge is 2.07. The van der Waals surface area contributed by atoms with E-state index in [2.05, 4.69) is 33.7 Å². The number of anilines is 2. The molecule has 2 rings (SSSR count). The van der Waals surface area contributed by atoms with Crippen LogP contribution in [-0.4, -0.2) is 14.5 Å². The Kier molecular flexibility index (Phi) is 2.90. The molecule has 2 aromatic heterocycles. The van der Waals surface area contributed by atoms with E-state index in [1.54, 1.807) is 12.4 Å². The molecule has 0 amide bonds. The highest BCUT2D eigenvalue weighted by atomic mass is 15.2. The number of hydrogen-bond acceptors (Lipinski definition) is 3. The van der Waals surface area contributed by atoms with Crippen LogP contribution in [0, 0.1) is 6.92 Å². The summed E-state index contributed by atoms with van der Waals surface area (Å²) in [4.78, 5) is 8.53. The van der Waals surface area contributed by atoms with E-state index in [1.165, 1.54) is 0 Å². The Morgan fingerprint density at radius 1 is 1.25 bits per heavy atom. The van der Waals surface area contributed by atoms with Crippen LogP contribution < -0.4 is 5.32 Å². The molecule has 2 aromatic rings. The first-order valence-electron chi connectivity index (χ1n) is 5.40. The fourth-order valence-electron chi connectivity index (χ4n) is 1.56. The molecule has 0 unspecified atom stereocenters. The molecule has 4 heteroatoms. The molecule has 0 bridgehead atoms. The first kappa shape index (κ1) is 10.7. The lowest BCUT2D eigenvalue weighted by Gasteiger charge is -2.13. The van der Waals surface area contributed by atoms with Crippen molar-refractivity contribution in [2.24, 2.45) is 0 Å². The van der Waals surface area contributed by atoms with E-state index < -0.39 is 0 Å². The van der Waals surface area contributed by atoms with E-state index in [0.29, 0.717) is 6.04 Å². The average Bonchev–Trinajstić information content (AvgIpc) is 2.69. The van der Waals surface area contributed by atoms with Crippen LogP contribution in [0.5, 0.6) is 0 Å². The minimum atomic E-state index is 0.391. The molecule has 0 spiro atoms. The molecule has 4 nitrogen and oxygen atoms in total. The molecule has 2 heterocycles. The standard InChI is InChI=1S/C12H16N4/c1-9(2)16-8-7-14-12(16)15-11-5-4-6-13-10(11)3/h4-9H,1-3H3,(H,14,15). The number of imidazole rings is 1. The number of rotatable bonds is 3. The summed E-state index contributed by atoms with van der Waals surface area (Å²) >= 11 is 0. The predicted molar refractivity (Wildman–Crippen MR) is 64.9 cm³/mol. The molecule has 0 aliphatic rings. The summed E-state index contributed by atoms with van der Waals surface area (Å²) in [6.07, 6.45) is 5.56. The number of nitrogens with one attached hydrogen (secondary N) is 1. The predicted octanol–water partition coefficient (Wildman–Crippen LogP) is 2.91. The second-order valence-corrected chi connectivity index (χ2v) is 4.01. The summed E-state index contributed by atoms with van der Waals surface area (Å²) in [5.74, 6) is 0.853. The molecule has 0 saturated carbocycles. The molecule has 0 atom stereocenters. The molecular formula is C12H16N4. The van der Waals surface area contributed by atoms with Crippen molar-refractivity contribution in [1.29, 1.82) is 0 Å². The first-order chi connectivity index (χ1) is 7.68. The second kappa shape index (κ2) is 4.35. The number of hydrogen-bond donors (Lipinski definition) is 1. The minimum absolute atomic E-state index is 0.391. The topological polar surface area (TPSA) is 42.7 Å². The SMILES string of the molecule is Cc1ncccc1Nc1nccn1C(C)C. The maximum Gasteiger partial charge on any atom is 0.207 e. The molecule has 0 aliphatic heterocycles. The van der Waals surface area contributed by atoms with E-state index in [1.807, 2.05) is 25.3 Å². The summed E-state index contributed by atoms with van der Waals surface area (Å²) in [6, 6.07) is 4.31. The monoisotopic (exact) mass is 216 g/mol. The van der Waals surface area contributed by atoms with Crippen LogP contribution in [-0.2, 0) is 0 Å².